The predicted octanol–water partition coefficient (Wildman–Crippen LogP) is 12.6. The molecule has 0 fully saturated rings. The lowest BCUT2D eigenvalue weighted by molar-refractivity contribution is -0.147. The molecule has 0 saturated carbocycles. The van der Waals surface area contributed by atoms with Crippen molar-refractivity contribution in [1.82, 2.24) is 5.32 Å². The number of aliphatic hydroxyl groups excluding tert-OH is 1. The van der Waals surface area contributed by atoms with Gasteiger partial charge in [0.25, 0.3) is 0 Å². The molecule has 0 aromatic carbocycles. The van der Waals surface area contributed by atoms with Gasteiger partial charge in [-0.3, -0.25) is 18.6 Å². The van der Waals surface area contributed by atoms with Crippen LogP contribution in [0.15, 0.2) is 36.5 Å². The molecule has 0 aliphatic carbocycles. The molecule has 0 saturated heterocycles. The molecule has 0 aromatic heterocycles. The number of allylic oxidation sites excluding steroid dienone is 6. The van der Waals surface area contributed by atoms with Gasteiger partial charge < -0.3 is 20.1 Å². The second kappa shape index (κ2) is 41.9. The van der Waals surface area contributed by atoms with E-state index in [1.54, 1.807) is 0 Å². The topological polar surface area (TPSA) is 131 Å². The van der Waals surface area contributed by atoms with E-state index in [1.165, 1.54) is 116 Å². The minimum Gasteiger partial charge on any atom is -0.463 e. The standard InChI is InChI=1S/C45H84NO8P/c1-3-5-7-9-11-13-15-17-19-21-22-23-25-27-29-31-33-35-37-44(48)46-39-40-53-55(50,51)54-42-43(47)41-52-45(49)38-36-34-32-30-28-26-24-20-18-16-14-12-10-8-6-4-2/h14,16,19-21,24,43,47H,3-13,15,17-18,22-23,25-42H2,1-2H3,(H,46,48)(H,50,51)/b16-14-,21-19-,24-20-. The number of carbonyl (C=O) groups is 2. The van der Waals surface area contributed by atoms with Crippen LogP contribution in [0.25, 0.3) is 0 Å². The van der Waals surface area contributed by atoms with Gasteiger partial charge in [0.05, 0.1) is 13.2 Å². The van der Waals surface area contributed by atoms with Crippen LogP contribution in [0.5, 0.6) is 0 Å². The molecule has 55 heavy (non-hydrogen) atoms. The quantitative estimate of drug-likeness (QED) is 0.0241. The van der Waals surface area contributed by atoms with Crippen molar-refractivity contribution < 1.29 is 37.9 Å². The first-order valence-corrected chi connectivity index (χ1v) is 24.0. The Kier molecular flexibility index (Phi) is 40.5. The van der Waals surface area contributed by atoms with Crippen molar-refractivity contribution >= 4 is 19.7 Å². The number of amides is 1. The Bertz CT molecular complexity index is 1000. The molecule has 322 valence electrons. The summed E-state index contributed by atoms with van der Waals surface area (Å²) in [6.07, 6.45) is 46.4. The lowest BCUT2D eigenvalue weighted by Gasteiger charge is -2.15. The van der Waals surface area contributed by atoms with Crippen LogP contribution in [0, 0.1) is 0 Å². The summed E-state index contributed by atoms with van der Waals surface area (Å²) < 4.78 is 26.9. The fourth-order valence-electron chi connectivity index (χ4n) is 6.11. The van der Waals surface area contributed by atoms with Crippen LogP contribution in [0.3, 0.4) is 0 Å². The van der Waals surface area contributed by atoms with Gasteiger partial charge in [-0.25, -0.2) is 4.57 Å². The molecule has 0 rings (SSSR count). The molecule has 9 nitrogen and oxygen atoms in total. The minimum atomic E-state index is -4.42. The summed E-state index contributed by atoms with van der Waals surface area (Å²) in [6.45, 7) is 3.52. The van der Waals surface area contributed by atoms with E-state index in [2.05, 4.69) is 55.6 Å². The van der Waals surface area contributed by atoms with E-state index in [-0.39, 0.29) is 32.1 Å². The Hall–Kier alpha value is -1.77. The van der Waals surface area contributed by atoms with Crippen LogP contribution in [0.1, 0.15) is 206 Å². The number of hydrogen-bond donors (Lipinski definition) is 3. The molecule has 0 radical (unpaired) electrons. The number of carbonyl (C=O) groups excluding carboxylic acids is 2. The zero-order chi connectivity index (χ0) is 40.3. The Morgan fingerprint density at radius 2 is 0.982 bits per heavy atom. The molecule has 0 heterocycles. The van der Waals surface area contributed by atoms with Crippen molar-refractivity contribution in [2.75, 3.05) is 26.4 Å². The fraction of sp³-hybridized carbons (Fsp3) is 0.822. The number of rotatable bonds is 42. The number of phosphoric ester groups is 1. The van der Waals surface area contributed by atoms with Crippen LogP contribution >= 0.6 is 7.82 Å². The lowest BCUT2D eigenvalue weighted by atomic mass is 10.1. The number of ether oxygens (including phenoxy) is 1. The van der Waals surface area contributed by atoms with Crippen molar-refractivity contribution in [3.8, 4) is 0 Å². The van der Waals surface area contributed by atoms with Gasteiger partial charge in [-0.1, -0.05) is 159 Å². The normalized spacial score (nSPS) is 13.6. The van der Waals surface area contributed by atoms with Gasteiger partial charge in [0.2, 0.25) is 5.91 Å². The van der Waals surface area contributed by atoms with E-state index >= 15 is 0 Å². The van der Waals surface area contributed by atoms with Crippen molar-refractivity contribution in [3.63, 3.8) is 0 Å². The van der Waals surface area contributed by atoms with E-state index in [0.717, 1.165) is 64.2 Å². The molecule has 0 aliphatic rings. The summed E-state index contributed by atoms with van der Waals surface area (Å²) in [6, 6.07) is 0. The van der Waals surface area contributed by atoms with Crippen molar-refractivity contribution in [3.05, 3.63) is 36.5 Å². The Labute approximate surface area is 337 Å². The van der Waals surface area contributed by atoms with Gasteiger partial charge in [-0.05, 0) is 70.6 Å². The smallest absolute Gasteiger partial charge is 0.463 e. The molecule has 0 aromatic rings. The second-order valence-electron chi connectivity index (χ2n) is 15.0. The van der Waals surface area contributed by atoms with E-state index in [9.17, 15) is 24.2 Å². The zero-order valence-corrected chi connectivity index (χ0v) is 36.3. The van der Waals surface area contributed by atoms with Crippen LogP contribution < -0.4 is 5.32 Å². The SMILES string of the molecule is CCCCCC/C=C\C/C=C\CCCCCCCC(=O)OCC(O)COP(=O)(O)OCCNC(=O)CCCCCCCCC/C=C\CCCCCCCCC. The van der Waals surface area contributed by atoms with E-state index < -0.39 is 26.5 Å². The van der Waals surface area contributed by atoms with Gasteiger partial charge in [-0.15, -0.1) is 0 Å². The summed E-state index contributed by atoms with van der Waals surface area (Å²) in [5.41, 5.74) is 0. The number of esters is 1. The monoisotopic (exact) mass is 798 g/mol. The van der Waals surface area contributed by atoms with Gasteiger partial charge in [-0.2, -0.15) is 0 Å². The maximum atomic E-state index is 12.1. The summed E-state index contributed by atoms with van der Waals surface area (Å²) in [5.74, 6) is -0.532. The summed E-state index contributed by atoms with van der Waals surface area (Å²) in [5, 5.41) is 12.7. The van der Waals surface area contributed by atoms with E-state index in [4.69, 9.17) is 13.8 Å². The maximum absolute atomic E-state index is 12.1. The third kappa shape index (κ3) is 43.2. The number of nitrogens with one attached hydrogen (secondary N) is 1. The summed E-state index contributed by atoms with van der Waals surface area (Å²) >= 11 is 0. The minimum absolute atomic E-state index is 0.0780. The second-order valence-corrected chi connectivity index (χ2v) is 16.5. The van der Waals surface area contributed by atoms with Crippen molar-refractivity contribution in [1.29, 1.82) is 0 Å². The van der Waals surface area contributed by atoms with Crippen molar-refractivity contribution in [2.45, 2.75) is 213 Å². The lowest BCUT2D eigenvalue weighted by Crippen LogP contribution is -2.27. The third-order valence-electron chi connectivity index (χ3n) is 9.54. The Morgan fingerprint density at radius 3 is 1.49 bits per heavy atom. The number of hydrogen-bond acceptors (Lipinski definition) is 7. The predicted molar refractivity (Wildman–Crippen MR) is 229 cm³/mol. The highest BCUT2D eigenvalue weighted by atomic mass is 31.2. The Balaban J connectivity index is 3.61. The first kappa shape index (κ1) is 53.2. The number of aliphatic hydroxyl groups is 1. The largest absolute Gasteiger partial charge is 0.472 e. The maximum Gasteiger partial charge on any atom is 0.472 e. The van der Waals surface area contributed by atoms with Gasteiger partial charge in [0, 0.05) is 19.4 Å². The highest BCUT2D eigenvalue weighted by molar-refractivity contribution is 7.47. The van der Waals surface area contributed by atoms with Gasteiger partial charge in [0.1, 0.15) is 12.7 Å². The number of unbranched alkanes of at least 4 members (excludes halogenated alkanes) is 23. The van der Waals surface area contributed by atoms with Crippen molar-refractivity contribution in [2.24, 2.45) is 0 Å². The number of phosphoric acid groups is 1. The molecular weight excluding hydrogens is 713 g/mol. The van der Waals surface area contributed by atoms with E-state index in [1.807, 2.05) is 0 Å². The third-order valence-corrected chi connectivity index (χ3v) is 10.5. The summed E-state index contributed by atoms with van der Waals surface area (Å²) in [7, 11) is -4.42. The summed E-state index contributed by atoms with van der Waals surface area (Å²) in [4.78, 5) is 33.9. The molecule has 2 unspecified atom stereocenters. The highest BCUT2D eigenvalue weighted by Crippen LogP contribution is 2.42. The average molecular weight is 798 g/mol. The zero-order valence-electron chi connectivity index (χ0n) is 35.4. The van der Waals surface area contributed by atoms with E-state index in [0.29, 0.717) is 6.42 Å². The van der Waals surface area contributed by atoms with Crippen LogP contribution in [-0.2, 0) is 27.9 Å². The molecule has 0 bridgehead atoms. The highest BCUT2D eigenvalue weighted by Gasteiger charge is 2.23. The molecule has 10 heteroatoms. The first-order valence-electron chi connectivity index (χ1n) is 22.5. The Morgan fingerprint density at radius 1 is 0.564 bits per heavy atom. The average Bonchev–Trinajstić information content (AvgIpc) is 3.17. The fourth-order valence-corrected chi connectivity index (χ4v) is 6.87. The first-order chi connectivity index (χ1) is 26.8. The molecule has 2 atom stereocenters. The van der Waals surface area contributed by atoms with Crippen LogP contribution in [-0.4, -0.2) is 54.3 Å². The molecule has 3 N–H and O–H groups in total. The molecule has 1 amide bonds. The molecular formula is C45H84NO8P. The van der Waals surface area contributed by atoms with Gasteiger partial charge >= 0.3 is 13.8 Å². The van der Waals surface area contributed by atoms with Crippen LogP contribution in [0.4, 0.5) is 0 Å². The molecule has 0 spiro atoms. The van der Waals surface area contributed by atoms with Crippen LogP contribution in [0.2, 0.25) is 0 Å². The molecule has 0 aliphatic heterocycles. The van der Waals surface area contributed by atoms with Gasteiger partial charge in [0.15, 0.2) is 0 Å².